The van der Waals surface area contributed by atoms with Crippen molar-refractivity contribution in [3.05, 3.63) is 76.0 Å². The third-order valence-electron chi connectivity index (χ3n) is 5.72. The lowest BCUT2D eigenvalue weighted by molar-refractivity contribution is -0.126. The second kappa shape index (κ2) is 9.44. The van der Waals surface area contributed by atoms with E-state index in [1.54, 1.807) is 30.5 Å². The molecule has 1 aliphatic rings. The number of rotatable bonds is 7. The van der Waals surface area contributed by atoms with Crippen molar-refractivity contribution in [1.29, 1.82) is 0 Å². The number of nitrogens with zero attached hydrogens (tertiary/aromatic N) is 1. The van der Waals surface area contributed by atoms with Gasteiger partial charge in [-0.05, 0) is 48.2 Å². The zero-order valence-corrected chi connectivity index (χ0v) is 19.1. The maximum Gasteiger partial charge on any atom is 0.228 e. The van der Waals surface area contributed by atoms with Gasteiger partial charge in [0.2, 0.25) is 11.8 Å². The molecule has 0 aliphatic carbocycles. The Morgan fingerprint density at radius 3 is 2.50 bits per heavy atom. The highest BCUT2D eigenvalue weighted by atomic mass is 32.1. The molecule has 2 unspecified atom stereocenters. The highest BCUT2D eigenvalue weighted by molar-refractivity contribution is 7.10. The first kappa shape index (κ1) is 21.9. The molecule has 1 fully saturated rings. The van der Waals surface area contributed by atoms with Crippen LogP contribution in [0.2, 0.25) is 0 Å². The Labute approximate surface area is 191 Å². The number of ether oxygens (including phenoxy) is 2. The number of hydrogen-bond acceptors (Lipinski definition) is 5. The molecule has 166 valence electrons. The second-order valence-corrected chi connectivity index (χ2v) is 8.76. The summed E-state index contributed by atoms with van der Waals surface area (Å²) in [7, 11) is 3.16. The molecule has 2 aromatic carbocycles. The van der Waals surface area contributed by atoms with Gasteiger partial charge >= 0.3 is 0 Å². The van der Waals surface area contributed by atoms with Crippen molar-refractivity contribution < 1.29 is 19.1 Å². The van der Waals surface area contributed by atoms with Gasteiger partial charge in [0.1, 0.15) is 0 Å². The maximum absolute atomic E-state index is 13.2. The lowest BCUT2D eigenvalue weighted by atomic mass is 9.97. The summed E-state index contributed by atoms with van der Waals surface area (Å²) < 4.78 is 10.6. The first-order chi connectivity index (χ1) is 15.5. The minimum atomic E-state index is -0.470. The Morgan fingerprint density at radius 2 is 1.84 bits per heavy atom. The predicted molar refractivity (Wildman–Crippen MR) is 125 cm³/mol. The van der Waals surface area contributed by atoms with Crippen molar-refractivity contribution in [1.82, 2.24) is 5.32 Å². The quantitative estimate of drug-likeness (QED) is 0.576. The summed E-state index contributed by atoms with van der Waals surface area (Å²) in [5.74, 6) is 0.593. The van der Waals surface area contributed by atoms with Crippen molar-refractivity contribution in [3.63, 3.8) is 0 Å². The van der Waals surface area contributed by atoms with Crippen LogP contribution in [0.1, 0.15) is 28.5 Å². The van der Waals surface area contributed by atoms with E-state index < -0.39 is 5.92 Å². The normalized spacial score (nSPS) is 18.0. The fraction of sp³-hybridized carbons (Fsp3) is 0.280. The minimum Gasteiger partial charge on any atom is -0.493 e. The van der Waals surface area contributed by atoms with E-state index >= 15 is 0 Å². The van der Waals surface area contributed by atoms with Crippen LogP contribution < -0.4 is 19.7 Å². The van der Waals surface area contributed by atoms with E-state index in [4.69, 9.17) is 9.47 Å². The van der Waals surface area contributed by atoms with Crippen LogP contribution in [0.15, 0.2) is 60.0 Å². The Bertz CT molecular complexity index is 1100. The summed E-state index contributed by atoms with van der Waals surface area (Å²) in [6.45, 7) is 2.35. The Balaban J connectivity index is 1.56. The second-order valence-electron chi connectivity index (χ2n) is 7.78. The highest BCUT2D eigenvalue weighted by Gasteiger charge is 2.45. The molecule has 6 nitrogen and oxygen atoms in total. The molecule has 2 heterocycles. The maximum atomic E-state index is 13.2. The minimum absolute atomic E-state index is 0.0430. The molecule has 0 spiro atoms. The number of hydrogen-bond donors (Lipinski definition) is 1. The fourth-order valence-corrected chi connectivity index (χ4v) is 4.96. The van der Waals surface area contributed by atoms with Crippen LogP contribution >= 0.6 is 11.3 Å². The average Bonchev–Trinajstić information content (AvgIpc) is 3.45. The predicted octanol–water partition coefficient (Wildman–Crippen LogP) is 4.48. The van der Waals surface area contributed by atoms with Gasteiger partial charge in [-0.25, -0.2) is 0 Å². The number of amides is 2. The number of benzene rings is 2. The molecular weight excluding hydrogens is 424 g/mol. The SMILES string of the molecule is COc1ccc(CNC(=O)C2CC(=O)N(c3ccc(C)cc3)C2c2cccs2)cc1OC. The van der Waals surface area contributed by atoms with Crippen molar-refractivity contribution in [2.75, 3.05) is 19.1 Å². The van der Waals surface area contributed by atoms with Gasteiger partial charge in [-0.2, -0.15) is 0 Å². The van der Waals surface area contributed by atoms with E-state index in [2.05, 4.69) is 5.32 Å². The number of carbonyl (C=O) groups excluding carboxylic acids is 2. The lowest BCUT2D eigenvalue weighted by Gasteiger charge is -2.27. The largest absolute Gasteiger partial charge is 0.493 e. The third kappa shape index (κ3) is 4.34. The number of carbonyl (C=O) groups is 2. The Kier molecular flexibility index (Phi) is 6.46. The summed E-state index contributed by atoms with van der Waals surface area (Å²) in [6, 6.07) is 17.0. The topological polar surface area (TPSA) is 67.9 Å². The molecule has 1 aliphatic heterocycles. The Hall–Kier alpha value is -3.32. The van der Waals surface area contributed by atoms with Gasteiger partial charge in [0.05, 0.1) is 26.2 Å². The number of anilines is 1. The fourth-order valence-electron chi connectivity index (χ4n) is 4.08. The number of nitrogens with one attached hydrogen (secondary N) is 1. The van der Waals surface area contributed by atoms with Gasteiger partial charge in [0.25, 0.3) is 0 Å². The summed E-state index contributed by atoms with van der Waals surface area (Å²) in [6.07, 6.45) is 0.175. The first-order valence-electron chi connectivity index (χ1n) is 10.4. The monoisotopic (exact) mass is 450 g/mol. The van der Waals surface area contributed by atoms with Crippen LogP contribution in [-0.2, 0) is 16.1 Å². The summed E-state index contributed by atoms with van der Waals surface area (Å²) in [5, 5.41) is 4.99. The van der Waals surface area contributed by atoms with E-state index in [1.807, 2.05) is 66.9 Å². The van der Waals surface area contributed by atoms with Gasteiger partial charge in [-0.3, -0.25) is 9.59 Å². The molecule has 3 aromatic rings. The van der Waals surface area contributed by atoms with E-state index in [9.17, 15) is 9.59 Å². The molecule has 2 amide bonds. The lowest BCUT2D eigenvalue weighted by Crippen LogP contribution is -2.35. The van der Waals surface area contributed by atoms with Gasteiger partial charge in [-0.1, -0.05) is 29.8 Å². The molecule has 0 saturated carbocycles. The summed E-state index contributed by atoms with van der Waals surface area (Å²) >= 11 is 1.56. The molecule has 0 radical (unpaired) electrons. The van der Waals surface area contributed by atoms with Gasteiger partial charge in [0.15, 0.2) is 11.5 Å². The van der Waals surface area contributed by atoms with Crippen molar-refractivity contribution >= 4 is 28.8 Å². The highest BCUT2D eigenvalue weighted by Crippen LogP contribution is 2.43. The zero-order chi connectivity index (χ0) is 22.7. The van der Waals surface area contributed by atoms with Crippen LogP contribution in [0.4, 0.5) is 5.69 Å². The molecule has 4 rings (SSSR count). The summed E-state index contributed by atoms with van der Waals surface area (Å²) in [5.41, 5.74) is 2.83. The Morgan fingerprint density at radius 1 is 1.09 bits per heavy atom. The smallest absolute Gasteiger partial charge is 0.228 e. The summed E-state index contributed by atoms with van der Waals surface area (Å²) in [4.78, 5) is 29.0. The number of thiophene rings is 1. The molecule has 1 aromatic heterocycles. The van der Waals surface area contributed by atoms with Crippen molar-refractivity contribution in [2.45, 2.75) is 25.9 Å². The molecule has 2 atom stereocenters. The van der Waals surface area contributed by atoms with Gasteiger partial charge < -0.3 is 19.7 Å². The molecule has 0 bridgehead atoms. The average molecular weight is 451 g/mol. The van der Waals surface area contributed by atoms with Gasteiger partial charge in [-0.15, -0.1) is 11.3 Å². The van der Waals surface area contributed by atoms with Crippen LogP contribution in [0.5, 0.6) is 11.5 Å². The van der Waals surface area contributed by atoms with Crippen LogP contribution in [-0.4, -0.2) is 26.0 Å². The number of methoxy groups -OCH3 is 2. The molecule has 7 heteroatoms. The standard InChI is InChI=1S/C25H26N2O4S/c1-16-6-9-18(10-7-16)27-23(28)14-19(24(27)22-5-4-12-32-22)25(29)26-15-17-8-11-20(30-2)21(13-17)31-3/h4-13,19,24H,14-15H2,1-3H3,(H,26,29). The van der Waals surface area contributed by atoms with E-state index in [0.717, 1.165) is 21.7 Å². The van der Waals surface area contributed by atoms with Crippen molar-refractivity contribution in [3.8, 4) is 11.5 Å². The van der Waals surface area contributed by atoms with E-state index in [-0.39, 0.29) is 24.3 Å². The van der Waals surface area contributed by atoms with Crippen molar-refractivity contribution in [2.24, 2.45) is 5.92 Å². The van der Waals surface area contributed by atoms with Gasteiger partial charge in [0, 0.05) is 23.5 Å². The molecule has 32 heavy (non-hydrogen) atoms. The van der Waals surface area contributed by atoms with Crippen LogP contribution in [0.3, 0.4) is 0 Å². The van der Waals surface area contributed by atoms with Crippen LogP contribution in [0.25, 0.3) is 0 Å². The third-order valence-corrected chi connectivity index (χ3v) is 6.66. The van der Waals surface area contributed by atoms with Crippen LogP contribution in [0, 0.1) is 12.8 Å². The zero-order valence-electron chi connectivity index (χ0n) is 18.3. The van der Waals surface area contributed by atoms with E-state index in [1.165, 1.54) is 0 Å². The number of aryl methyl sites for hydroxylation is 1. The molecular formula is C25H26N2O4S. The molecule has 1 saturated heterocycles. The first-order valence-corrected chi connectivity index (χ1v) is 11.3. The van der Waals surface area contributed by atoms with E-state index in [0.29, 0.717) is 18.0 Å². The molecule has 1 N–H and O–H groups in total.